The van der Waals surface area contributed by atoms with E-state index in [4.69, 9.17) is 23.2 Å². The Morgan fingerprint density at radius 2 is 1.88 bits per heavy atom. The largest absolute Gasteiger partial charge is 0.359 e. The highest BCUT2D eigenvalue weighted by atomic mass is 35.5. The van der Waals surface area contributed by atoms with Crippen LogP contribution in [0.3, 0.4) is 0 Å². The number of aromatic nitrogens is 1. The lowest BCUT2D eigenvalue weighted by Crippen LogP contribution is -2.14. The Hall–Kier alpha value is -1.48. The first-order chi connectivity index (χ1) is 11.7. The van der Waals surface area contributed by atoms with Gasteiger partial charge in [0.2, 0.25) is 0 Å². The summed E-state index contributed by atoms with van der Waals surface area (Å²) < 4.78 is 54.6. The van der Waals surface area contributed by atoms with Crippen molar-refractivity contribution in [3.8, 4) is 0 Å². The monoisotopic (exact) mass is 422 g/mol. The Balaban J connectivity index is 2.08. The second-order valence-corrected chi connectivity index (χ2v) is 8.29. The summed E-state index contributed by atoms with van der Waals surface area (Å²) in [4.78, 5) is 3.45. The Labute approximate surface area is 156 Å². The average molecular weight is 423 g/mol. The molecule has 0 aliphatic heterocycles. The first kappa shape index (κ1) is 18.3. The Morgan fingerprint density at radius 1 is 1.16 bits per heavy atom. The molecule has 3 aromatic rings. The maximum absolute atomic E-state index is 13.9. The average Bonchev–Trinajstić information content (AvgIpc) is 2.98. The summed E-state index contributed by atoms with van der Waals surface area (Å²) in [7, 11) is -4.18. The molecule has 0 bridgehead atoms. The second-order valence-electron chi connectivity index (χ2n) is 5.01. The first-order valence-corrected chi connectivity index (χ1v) is 10.2. The zero-order valence-electron chi connectivity index (χ0n) is 12.5. The number of aromatic amines is 1. The molecular formula is C15H10Cl2F2N2O2S2. The van der Waals surface area contributed by atoms with Crippen molar-refractivity contribution in [1.82, 2.24) is 4.98 Å². The van der Waals surface area contributed by atoms with Gasteiger partial charge in [-0.05, 0) is 18.4 Å². The third-order valence-electron chi connectivity index (χ3n) is 3.48. The zero-order chi connectivity index (χ0) is 18.4. The summed E-state index contributed by atoms with van der Waals surface area (Å²) in [5.74, 6) is -1.93. The molecule has 25 heavy (non-hydrogen) atoms. The number of thioether (sulfide) groups is 1. The molecule has 132 valence electrons. The van der Waals surface area contributed by atoms with Crippen LogP contribution in [0.2, 0.25) is 10.0 Å². The molecule has 0 aliphatic carbocycles. The van der Waals surface area contributed by atoms with Gasteiger partial charge in [-0.15, -0.1) is 11.8 Å². The summed E-state index contributed by atoms with van der Waals surface area (Å²) >= 11 is 13.1. The Kier molecular flexibility index (Phi) is 4.89. The molecule has 0 aliphatic rings. The van der Waals surface area contributed by atoms with Gasteiger partial charge in [0.15, 0.2) is 0 Å². The minimum Gasteiger partial charge on any atom is -0.359 e. The molecular weight excluding hydrogens is 413 g/mol. The van der Waals surface area contributed by atoms with Crippen LogP contribution in [0.4, 0.5) is 14.5 Å². The number of hydrogen-bond donors (Lipinski definition) is 2. The third-order valence-corrected chi connectivity index (χ3v) is 6.46. The predicted molar refractivity (Wildman–Crippen MR) is 97.3 cm³/mol. The van der Waals surface area contributed by atoms with Gasteiger partial charge in [0, 0.05) is 22.5 Å². The highest BCUT2D eigenvalue weighted by Crippen LogP contribution is 2.35. The van der Waals surface area contributed by atoms with E-state index in [1.165, 1.54) is 18.0 Å². The van der Waals surface area contributed by atoms with E-state index in [1.807, 2.05) is 11.0 Å². The number of benzene rings is 2. The summed E-state index contributed by atoms with van der Waals surface area (Å²) in [6, 6.07) is 4.66. The van der Waals surface area contributed by atoms with Crippen molar-refractivity contribution in [3.63, 3.8) is 0 Å². The second kappa shape index (κ2) is 6.68. The Morgan fingerprint density at radius 3 is 2.56 bits per heavy atom. The van der Waals surface area contributed by atoms with E-state index >= 15 is 0 Å². The lowest BCUT2D eigenvalue weighted by atomic mass is 10.2. The lowest BCUT2D eigenvalue weighted by Gasteiger charge is -2.09. The third kappa shape index (κ3) is 3.31. The van der Waals surface area contributed by atoms with Crippen LogP contribution in [0.1, 0.15) is 0 Å². The molecule has 0 unspecified atom stereocenters. The van der Waals surface area contributed by atoms with E-state index in [0.29, 0.717) is 28.1 Å². The number of halogens is 4. The number of H-pyrrole nitrogens is 1. The van der Waals surface area contributed by atoms with Crippen molar-refractivity contribution in [2.24, 2.45) is 0 Å². The van der Waals surface area contributed by atoms with Gasteiger partial charge in [0.05, 0.1) is 21.2 Å². The van der Waals surface area contributed by atoms with Gasteiger partial charge < -0.3 is 4.98 Å². The molecule has 0 amide bonds. The smallest absolute Gasteiger partial charge is 0.264 e. The van der Waals surface area contributed by atoms with E-state index in [9.17, 15) is 17.2 Å². The van der Waals surface area contributed by atoms with Crippen molar-refractivity contribution in [2.45, 2.75) is 9.79 Å². The van der Waals surface area contributed by atoms with Crippen LogP contribution in [-0.2, 0) is 10.0 Å². The number of anilines is 1. The van der Waals surface area contributed by atoms with E-state index in [1.54, 1.807) is 12.1 Å². The van der Waals surface area contributed by atoms with Crippen LogP contribution < -0.4 is 4.72 Å². The normalized spacial score (nSPS) is 11.9. The summed E-state index contributed by atoms with van der Waals surface area (Å²) in [6.07, 6.45) is 3.08. The van der Waals surface area contributed by atoms with Crippen molar-refractivity contribution in [2.75, 3.05) is 11.0 Å². The standard InChI is InChI=1S/C15H10Cl2F2N2O2S2/c1-24-12-3-2-7-13(6-20-15(7)14(12)17)25(22,23)21-11-5-9(18)8(16)4-10(11)19/h2-6,20-21H,1H3. The van der Waals surface area contributed by atoms with E-state index in [2.05, 4.69) is 4.98 Å². The summed E-state index contributed by atoms with van der Waals surface area (Å²) in [6.45, 7) is 0. The van der Waals surface area contributed by atoms with Gasteiger partial charge in [-0.3, -0.25) is 4.72 Å². The molecule has 2 N–H and O–H groups in total. The van der Waals surface area contributed by atoms with Crippen LogP contribution in [0.15, 0.2) is 40.3 Å². The van der Waals surface area contributed by atoms with Crippen LogP contribution >= 0.6 is 35.0 Å². The summed E-state index contributed by atoms with van der Waals surface area (Å²) in [5.41, 5.74) is -0.0975. The number of rotatable bonds is 4. The molecule has 0 fully saturated rings. The van der Waals surface area contributed by atoms with Gasteiger partial charge in [-0.25, -0.2) is 17.2 Å². The summed E-state index contributed by atoms with van der Waals surface area (Å²) in [5, 5.41) is 0.282. The highest BCUT2D eigenvalue weighted by Gasteiger charge is 2.23. The van der Waals surface area contributed by atoms with E-state index in [-0.39, 0.29) is 4.90 Å². The fourth-order valence-electron chi connectivity index (χ4n) is 2.30. The van der Waals surface area contributed by atoms with Crippen LogP contribution in [-0.4, -0.2) is 19.7 Å². The number of hydrogen-bond acceptors (Lipinski definition) is 3. The molecule has 1 heterocycles. The van der Waals surface area contributed by atoms with E-state index in [0.717, 1.165) is 4.90 Å². The number of fused-ring (bicyclic) bond motifs is 1. The Bertz CT molecular complexity index is 1080. The maximum Gasteiger partial charge on any atom is 0.264 e. The zero-order valence-corrected chi connectivity index (χ0v) is 15.7. The first-order valence-electron chi connectivity index (χ1n) is 6.75. The van der Waals surface area contributed by atoms with Gasteiger partial charge in [-0.1, -0.05) is 29.3 Å². The van der Waals surface area contributed by atoms with E-state index < -0.39 is 32.4 Å². The van der Waals surface area contributed by atoms with Crippen LogP contribution in [0, 0.1) is 11.6 Å². The minimum absolute atomic E-state index is 0.133. The van der Waals surface area contributed by atoms with Crippen LogP contribution in [0.5, 0.6) is 0 Å². The minimum atomic E-state index is -4.18. The van der Waals surface area contributed by atoms with Gasteiger partial charge >= 0.3 is 0 Å². The maximum atomic E-state index is 13.9. The highest BCUT2D eigenvalue weighted by molar-refractivity contribution is 7.98. The molecule has 2 aromatic carbocycles. The number of nitrogens with one attached hydrogen (secondary N) is 2. The fourth-order valence-corrected chi connectivity index (χ4v) is 4.62. The van der Waals surface area contributed by atoms with Gasteiger partial charge in [0.25, 0.3) is 10.0 Å². The van der Waals surface area contributed by atoms with Crippen molar-refractivity contribution in [3.05, 3.63) is 52.1 Å². The predicted octanol–water partition coefficient (Wildman–Crippen LogP) is 5.28. The fraction of sp³-hybridized carbons (Fsp3) is 0.0667. The van der Waals surface area contributed by atoms with Gasteiger partial charge in [-0.2, -0.15) is 0 Å². The van der Waals surface area contributed by atoms with Gasteiger partial charge in [0.1, 0.15) is 16.5 Å². The molecule has 0 saturated heterocycles. The SMILES string of the molecule is CSc1ccc2c(S(=O)(=O)Nc3cc(F)c(Cl)cc3F)c[nH]c2c1Cl. The van der Waals surface area contributed by atoms with Crippen molar-refractivity contribution in [1.29, 1.82) is 0 Å². The quantitative estimate of drug-likeness (QED) is 0.444. The topological polar surface area (TPSA) is 62.0 Å². The van der Waals surface area contributed by atoms with Crippen LogP contribution in [0.25, 0.3) is 10.9 Å². The molecule has 0 radical (unpaired) electrons. The molecule has 0 saturated carbocycles. The molecule has 3 rings (SSSR count). The molecule has 1 aromatic heterocycles. The van der Waals surface area contributed by atoms with Crippen molar-refractivity contribution < 1.29 is 17.2 Å². The lowest BCUT2D eigenvalue weighted by molar-refractivity contribution is 0.595. The number of sulfonamides is 1. The molecule has 0 atom stereocenters. The van der Waals surface area contributed by atoms with Crippen molar-refractivity contribution >= 4 is 61.6 Å². The molecule has 10 heteroatoms. The molecule has 4 nitrogen and oxygen atoms in total. The molecule has 0 spiro atoms.